The SMILES string of the molecule is C=C(/C=C\C(=NC)C(C)(N)F)CNC(=C)c1cc(OC(CC)CCC)cc(C(=C)S/C(C)=C\C)c1. The number of hydrogen-bond acceptors (Lipinski definition) is 5. The van der Waals surface area contributed by atoms with E-state index >= 15 is 0 Å². The van der Waals surface area contributed by atoms with E-state index in [0.717, 1.165) is 52.3 Å². The standard InChI is InChI=1S/C29H42FN3OS/c1-10-13-26(12-3)34-27-17-24(16-25(18-27)23(7)35-21(5)11-2)22(6)33-19-20(4)14-15-28(32-9)29(8,30)31/h11,14-18,26,33H,4,6-7,10,12-13,19,31H2,1-3,5,8-9H3/b15-14-,21-11-,32-28?. The minimum Gasteiger partial charge on any atom is -0.490 e. The lowest BCUT2D eigenvalue weighted by Crippen LogP contribution is -2.38. The molecule has 0 heterocycles. The lowest BCUT2D eigenvalue weighted by molar-refractivity contribution is 0.185. The molecule has 1 rings (SSSR count). The van der Waals surface area contributed by atoms with Crippen molar-refractivity contribution in [1.82, 2.24) is 5.32 Å². The van der Waals surface area contributed by atoms with E-state index < -0.39 is 5.79 Å². The fourth-order valence-corrected chi connectivity index (χ4v) is 3.95. The van der Waals surface area contributed by atoms with Crippen LogP contribution in [0, 0.1) is 0 Å². The van der Waals surface area contributed by atoms with Crippen molar-refractivity contribution in [3.63, 3.8) is 0 Å². The van der Waals surface area contributed by atoms with Crippen molar-refractivity contribution >= 4 is 28.1 Å². The molecule has 35 heavy (non-hydrogen) atoms. The van der Waals surface area contributed by atoms with Crippen molar-refractivity contribution in [3.8, 4) is 5.75 Å². The zero-order chi connectivity index (χ0) is 26.6. The summed E-state index contributed by atoms with van der Waals surface area (Å²) in [6, 6.07) is 6.10. The molecule has 0 aliphatic heterocycles. The molecule has 0 fully saturated rings. The number of rotatable bonds is 15. The van der Waals surface area contributed by atoms with Crippen molar-refractivity contribution in [2.75, 3.05) is 13.6 Å². The number of allylic oxidation sites excluding steroid dienone is 2. The molecule has 0 radical (unpaired) electrons. The van der Waals surface area contributed by atoms with Crippen LogP contribution in [0.1, 0.15) is 65.0 Å². The van der Waals surface area contributed by atoms with Crippen LogP contribution in [0.15, 0.2) is 71.6 Å². The number of benzene rings is 1. The minimum atomic E-state index is -2.00. The van der Waals surface area contributed by atoms with E-state index in [2.05, 4.69) is 63.0 Å². The highest BCUT2D eigenvalue weighted by molar-refractivity contribution is 8.11. The topological polar surface area (TPSA) is 59.6 Å². The minimum absolute atomic E-state index is 0.150. The van der Waals surface area contributed by atoms with Gasteiger partial charge in [-0.05, 0) is 73.9 Å². The summed E-state index contributed by atoms with van der Waals surface area (Å²) in [7, 11) is 1.51. The van der Waals surface area contributed by atoms with Gasteiger partial charge in [0.2, 0.25) is 0 Å². The second kappa shape index (κ2) is 14.7. The van der Waals surface area contributed by atoms with Crippen LogP contribution in [-0.2, 0) is 0 Å². The number of aliphatic imine (C=N–C) groups is 1. The van der Waals surface area contributed by atoms with Crippen LogP contribution in [0.4, 0.5) is 4.39 Å². The van der Waals surface area contributed by atoms with Crippen LogP contribution in [0.2, 0.25) is 0 Å². The second-order valence-corrected chi connectivity index (χ2v) is 9.96. The Morgan fingerprint density at radius 3 is 2.43 bits per heavy atom. The first-order valence-corrected chi connectivity index (χ1v) is 12.8. The quantitative estimate of drug-likeness (QED) is 0.148. The Morgan fingerprint density at radius 1 is 1.23 bits per heavy atom. The summed E-state index contributed by atoms with van der Waals surface area (Å²) in [5, 5.41) is 3.30. The second-order valence-electron chi connectivity index (χ2n) is 8.62. The van der Waals surface area contributed by atoms with Gasteiger partial charge in [0.1, 0.15) is 5.75 Å². The highest BCUT2D eigenvalue weighted by Crippen LogP contribution is 2.35. The highest BCUT2D eigenvalue weighted by Gasteiger charge is 2.21. The summed E-state index contributed by atoms with van der Waals surface area (Å²) < 4.78 is 20.3. The number of hydrogen-bond donors (Lipinski definition) is 2. The van der Waals surface area contributed by atoms with Crippen molar-refractivity contribution in [3.05, 3.63) is 77.8 Å². The third kappa shape index (κ3) is 10.7. The third-order valence-electron chi connectivity index (χ3n) is 5.38. The Balaban J connectivity index is 3.10. The highest BCUT2D eigenvalue weighted by atomic mass is 32.2. The molecule has 0 aliphatic rings. The van der Waals surface area contributed by atoms with Gasteiger partial charge in [-0.15, -0.1) is 0 Å². The molecule has 0 saturated carbocycles. The number of alkyl halides is 1. The van der Waals surface area contributed by atoms with Crippen LogP contribution < -0.4 is 15.8 Å². The molecule has 0 spiro atoms. The predicted molar refractivity (Wildman–Crippen MR) is 154 cm³/mol. The molecule has 1 aromatic rings. The summed E-state index contributed by atoms with van der Waals surface area (Å²) in [5.74, 6) is -1.20. The Bertz CT molecular complexity index is 986. The Kier molecular flexibility index (Phi) is 12.8. The van der Waals surface area contributed by atoms with Gasteiger partial charge in [0.05, 0.1) is 11.8 Å². The average Bonchev–Trinajstić information content (AvgIpc) is 2.81. The van der Waals surface area contributed by atoms with Crippen LogP contribution in [-0.4, -0.2) is 31.2 Å². The maximum atomic E-state index is 14.0. The number of ether oxygens (including phenoxy) is 1. The van der Waals surface area contributed by atoms with Gasteiger partial charge >= 0.3 is 0 Å². The van der Waals surface area contributed by atoms with Gasteiger partial charge in [-0.3, -0.25) is 10.7 Å². The lowest BCUT2D eigenvalue weighted by Gasteiger charge is -2.20. The molecule has 0 bridgehead atoms. The average molecular weight is 500 g/mol. The zero-order valence-electron chi connectivity index (χ0n) is 22.2. The maximum Gasteiger partial charge on any atom is 0.198 e. The first kappa shape index (κ1) is 30.5. The number of nitrogens with zero attached hydrogens (tertiary/aromatic N) is 1. The normalized spacial score (nSPS) is 15.0. The van der Waals surface area contributed by atoms with Crippen molar-refractivity contribution in [1.29, 1.82) is 0 Å². The molecule has 0 amide bonds. The smallest absolute Gasteiger partial charge is 0.198 e. The molecule has 192 valence electrons. The Labute approximate surface area is 216 Å². The number of halogens is 1. The fraction of sp³-hybridized carbons (Fsp3) is 0.414. The van der Waals surface area contributed by atoms with Crippen LogP contribution >= 0.6 is 11.8 Å². The lowest BCUT2D eigenvalue weighted by atomic mass is 10.1. The molecule has 6 heteroatoms. The summed E-state index contributed by atoms with van der Waals surface area (Å²) in [5.41, 5.74) is 9.02. The van der Waals surface area contributed by atoms with Gasteiger partial charge in [0.15, 0.2) is 5.79 Å². The van der Waals surface area contributed by atoms with Crippen molar-refractivity contribution < 1.29 is 9.13 Å². The maximum absolute atomic E-state index is 14.0. The molecule has 3 N–H and O–H groups in total. The predicted octanol–water partition coefficient (Wildman–Crippen LogP) is 7.66. The molecule has 0 aliphatic carbocycles. The molecule has 2 atom stereocenters. The largest absolute Gasteiger partial charge is 0.490 e. The number of nitrogens with two attached hydrogens (primary N) is 1. The first-order valence-electron chi connectivity index (χ1n) is 12.0. The zero-order valence-corrected chi connectivity index (χ0v) is 23.0. The monoisotopic (exact) mass is 499 g/mol. The molecular formula is C29H42FN3OS. The van der Waals surface area contributed by atoms with Crippen molar-refractivity contribution in [2.45, 2.75) is 65.8 Å². The van der Waals surface area contributed by atoms with E-state index in [4.69, 9.17) is 10.5 Å². The molecule has 0 aromatic heterocycles. The molecule has 1 aromatic carbocycles. The van der Waals surface area contributed by atoms with Gasteiger partial charge in [-0.2, -0.15) is 0 Å². The first-order chi connectivity index (χ1) is 16.4. The van der Waals surface area contributed by atoms with E-state index in [1.165, 1.54) is 18.9 Å². The van der Waals surface area contributed by atoms with Crippen LogP contribution in [0.3, 0.4) is 0 Å². The molecule has 2 unspecified atom stereocenters. The molecular weight excluding hydrogens is 457 g/mol. The molecule has 0 saturated heterocycles. The summed E-state index contributed by atoms with van der Waals surface area (Å²) in [6.45, 7) is 22.6. The van der Waals surface area contributed by atoms with Crippen molar-refractivity contribution in [2.24, 2.45) is 10.7 Å². The Morgan fingerprint density at radius 2 is 1.89 bits per heavy atom. The number of thioether (sulfide) groups is 1. The van der Waals surface area contributed by atoms with Crippen LogP contribution in [0.5, 0.6) is 5.75 Å². The third-order valence-corrected chi connectivity index (χ3v) is 6.42. The van der Waals surface area contributed by atoms with Gasteiger partial charge in [0, 0.05) is 29.8 Å². The summed E-state index contributed by atoms with van der Waals surface area (Å²) in [6.07, 6.45) is 8.47. The van der Waals surface area contributed by atoms with E-state index in [1.807, 2.05) is 19.1 Å². The fourth-order valence-electron chi connectivity index (χ4n) is 3.21. The van der Waals surface area contributed by atoms with Gasteiger partial charge in [-0.1, -0.05) is 63.9 Å². The van der Waals surface area contributed by atoms with Gasteiger partial charge < -0.3 is 10.1 Å². The van der Waals surface area contributed by atoms with Gasteiger partial charge in [0.25, 0.3) is 0 Å². The Hall–Kier alpha value is -2.57. The summed E-state index contributed by atoms with van der Waals surface area (Å²) in [4.78, 5) is 6.02. The summed E-state index contributed by atoms with van der Waals surface area (Å²) >= 11 is 1.63. The van der Waals surface area contributed by atoms with Crippen LogP contribution in [0.25, 0.3) is 10.6 Å². The molecule has 4 nitrogen and oxygen atoms in total. The van der Waals surface area contributed by atoms with Gasteiger partial charge in [-0.25, -0.2) is 4.39 Å². The van der Waals surface area contributed by atoms with E-state index in [0.29, 0.717) is 6.54 Å². The van der Waals surface area contributed by atoms with E-state index in [1.54, 1.807) is 23.9 Å². The van der Waals surface area contributed by atoms with E-state index in [-0.39, 0.29) is 11.8 Å². The van der Waals surface area contributed by atoms with E-state index in [9.17, 15) is 4.39 Å². The number of nitrogens with one attached hydrogen (secondary N) is 1.